The van der Waals surface area contributed by atoms with E-state index >= 15 is 0 Å². The molecule has 1 aromatic rings. The molecule has 0 aliphatic carbocycles. The maximum Gasteiger partial charge on any atom is 0.121 e. The van der Waals surface area contributed by atoms with Crippen molar-refractivity contribution < 1.29 is 5.11 Å². The number of aliphatic hydroxyl groups excluding tert-OH is 1. The molecule has 2 rings (SSSR count). The molecule has 0 amide bonds. The molecule has 74 valence electrons. The Balaban J connectivity index is 2.61. The molecule has 0 fully saturated rings. The molecule has 1 aliphatic rings. The van der Waals surface area contributed by atoms with Gasteiger partial charge in [-0.15, -0.1) is 0 Å². The average molecular weight is 302 g/mol. The van der Waals surface area contributed by atoms with Crippen LogP contribution in [0.4, 0.5) is 0 Å². The van der Waals surface area contributed by atoms with Crippen molar-refractivity contribution in [2.45, 2.75) is 26.5 Å². The van der Waals surface area contributed by atoms with Crippen molar-refractivity contribution >= 4 is 22.6 Å². The summed E-state index contributed by atoms with van der Waals surface area (Å²) in [6.07, 6.45) is -0.462. The fourth-order valence-corrected chi connectivity index (χ4v) is 2.82. The topological polar surface area (TPSA) is 49.0 Å². The lowest BCUT2D eigenvalue weighted by Gasteiger charge is -2.21. The van der Waals surface area contributed by atoms with Crippen molar-refractivity contribution in [2.75, 3.05) is 0 Å². The molecular formula is C10H11IN2O. The molecule has 3 nitrogen and oxygen atoms in total. The molecule has 0 aromatic carbocycles. The first-order chi connectivity index (χ1) is 6.47. The standard InChI is InChI=1S/C10H11IN2O/c1-10(2)5-13-6(4-12)3-7(11)8(13)9(10)14/h3,9,14H,5H2,1-2H3. The number of hydrogen-bond acceptors (Lipinski definition) is 2. The summed E-state index contributed by atoms with van der Waals surface area (Å²) in [5, 5.41) is 19.0. The number of nitrogens with zero attached hydrogens (tertiary/aromatic N) is 2. The van der Waals surface area contributed by atoms with E-state index in [1.54, 1.807) is 0 Å². The first-order valence-corrected chi connectivity index (χ1v) is 5.52. The summed E-state index contributed by atoms with van der Waals surface area (Å²) in [7, 11) is 0. The van der Waals surface area contributed by atoms with Crippen LogP contribution in [0.1, 0.15) is 31.3 Å². The van der Waals surface area contributed by atoms with Crippen molar-refractivity contribution in [1.29, 1.82) is 5.26 Å². The summed E-state index contributed by atoms with van der Waals surface area (Å²) in [6.45, 7) is 4.75. The van der Waals surface area contributed by atoms with Gasteiger partial charge in [-0.3, -0.25) is 0 Å². The van der Waals surface area contributed by atoms with Crippen LogP contribution in [0.2, 0.25) is 0 Å². The van der Waals surface area contributed by atoms with E-state index in [0.29, 0.717) is 5.69 Å². The number of fused-ring (bicyclic) bond motifs is 1. The highest BCUT2D eigenvalue weighted by atomic mass is 127. The third kappa shape index (κ3) is 1.19. The van der Waals surface area contributed by atoms with E-state index in [1.807, 2.05) is 24.5 Å². The SMILES string of the molecule is CC1(C)Cn2c(C#N)cc(I)c2C1O. The summed E-state index contributed by atoms with van der Waals surface area (Å²) >= 11 is 2.17. The zero-order chi connectivity index (χ0) is 10.5. The van der Waals surface area contributed by atoms with Crippen LogP contribution >= 0.6 is 22.6 Å². The van der Waals surface area contributed by atoms with Crippen LogP contribution in [0.3, 0.4) is 0 Å². The van der Waals surface area contributed by atoms with E-state index in [4.69, 9.17) is 5.26 Å². The van der Waals surface area contributed by atoms with Gasteiger partial charge < -0.3 is 9.67 Å². The van der Waals surface area contributed by atoms with Gasteiger partial charge in [0.05, 0.1) is 5.69 Å². The molecule has 14 heavy (non-hydrogen) atoms. The second kappa shape index (κ2) is 2.97. The second-order valence-electron chi connectivity index (χ2n) is 4.35. The number of halogens is 1. The molecule has 1 atom stereocenters. The summed E-state index contributed by atoms with van der Waals surface area (Å²) in [4.78, 5) is 0. The molecule has 2 heterocycles. The molecule has 1 aliphatic heterocycles. The van der Waals surface area contributed by atoms with E-state index < -0.39 is 6.10 Å². The van der Waals surface area contributed by atoms with Crippen LogP contribution in [0, 0.1) is 20.3 Å². The second-order valence-corrected chi connectivity index (χ2v) is 5.51. The lowest BCUT2D eigenvalue weighted by molar-refractivity contribution is 0.0644. The van der Waals surface area contributed by atoms with Gasteiger partial charge in [-0.2, -0.15) is 5.26 Å². The Morgan fingerprint density at radius 3 is 2.93 bits per heavy atom. The van der Waals surface area contributed by atoms with E-state index in [1.165, 1.54) is 0 Å². The van der Waals surface area contributed by atoms with Crippen LogP contribution in [-0.4, -0.2) is 9.67 Å². The highest BCUT2D eigenvalue weighted by Gasteiger charge is 2.40. The molecule has 0 bridgehead atoms. The van der Waals surface area contributed by atoms with Gasteiger partial charge in [-0.05, 0) is 28.7 Å². The summed E-state index contributed by atoms with van der Waals surface area (Å²) in [6, 6.07) is 3.98. The van der Waals surface area contributed by atoms with Crippen LogP contribution in [0.25, 0.3) is 0 Å². The van der Waals surface area contributed by atoms with Gasteiger partial charge in [0.2, 0.25) is 0 Å². The fourth-order valence-electron chi connectivity index (χ4n) is 1.94. The molecule has 0 saturated carbocycles. The molecule has 4 heteroatoms. The zero-order valence-electron chi connectivity index (χ0n) is 8.08. The highest BCUT2D eigenvalue weighted by Crippen LogP contribution is 2.44. The maximum absolute atomic E-state index is 10.1. The minimum Gasteiger partial charge on any atom is -0.386 e. The van der Waals surface area contributed by atoms with Gasteiger partial charge in [0.1, 0.15) is 17.9 Å². The lowest BCUT2D eigenvalue weighted by atomic mass is 9.88. The van der Waals surface area contributed by atoms with Crippen LogP contribution in [-0.2, 0) is 6.54 Å². The van der Waals surface area contributed by atoms with Gasteiger partial charge in [-0.25, -0.2) is 0 Å². The molecular weight excluding hydrogens is 291 g/mol. The Hall–Kier alpha value is -0.540. The number of aromatic nitrogens is 1. The Kier molecular flexibility index (Phi) is 2.12. The third-order valence-corrected chi connectivity index (χ3v) is 3.63. The maximum atomic E-state index is 10.1. The monoisotopic (exact) mass is 302 g/mol. The minimum atomic E-state index is -0.462. The van der Waals surface area contributed by atoms with E-state index in [2.05, 4.69) is 28.7 Å². The quantitative estimate of drug-likeness (QED) is 0.746. The Bertz CT molecular complexity index is 428. The summed E-state index contributed by atoms with van der Waals surface area (Å²) in [5.74, 6) is 0. The summed E-state index contributed by atoms with van der Waals surface area (Å²) in [5.41, 5.74) is 1.38. The van der Waals surface area contributed by atoms with Crippen LogP contribution in [0.15, 0.2) is 6.07 Å². The summed E-state index contributed by atoms with van der Waals surface area (Å²) < 4.78 is 2.91. The largest absolute Gasteiger partial charge is 0.386 e. The van der Waals surface area contributed by atoms with Gasteiger partial charge in [0.15, 0.2) is 0 Å². The number of rotatable bonds is 0. The first-order valence-electron chi connectivity index (χ1n) is 4.44. The Labute approximate surface area is 96.5 Å². The molecule has 1 N–H and O–H groups in total. The van der Waals surface area contributed by atoms with Gasteiger partial charge in [0.25, 0.3) is 0 Å². The fraction of sp³-hybridized carbons (Fsp3) is 0.500. The van der Waals surface area contributed by atoms with Gasteiger partial charge in [0, 0.05) is 15.5 Å². The predicted octanol–water partition coefficient (Wildman–Crippen LogP) is 2.04. The van der Waals surface area contributed by atoms with Crippen LogP contribution < -0.4 is 0 Å². The van der Waals surface area contributed by atoms with E-state index in [9.17, 15) is 5.11 Å². The number of aliphatic hydroxyl groups is 1. The zero-order valence-corrected chi connectivity index (χ0v) is 10.2. The van der Waals surface area contributed by atoms with Crippen molar-refractivity contribution in [1.82, 2.24) is 4.57 Å². The molecule has 1 unspecified atom stereocenters. The average Bonchev–Trinajstić information content (AvgIpc) is 2.51. The smallest absolute Gasteiger partial charge is 0.121 e. The first kappa shape index (κ1) is 9.99. The van der Waals surface area contributed by atoms with Crippen molar-refractivity contribution in [3.8, 4) is 6.07 Å². The van der Waals surface area contributed by atoms with E-state index in [0.717, 1.165) is 15.8 Å². The minimum absolute atomic E-state index is 0.165. The Morgan fingerprint density at radius 1 is 1.71 bits per heavy atom. The normalized spacial score (nSPS) is 23.2. The van der Waals surface area contributed by atoms with Gasteiger partial charge in [-0.1, -0.05) is 13.8 Å². The van der Waals surface area contributed by atoms with Crippen molar-refractivity contribution in [3.63, 3.8) is 0 Å². The number of hydrogen-bond donors (Lipinski definition) is 1. The van der Waals surface area contributed by atoms with Crippen molar-refractivity contribution in [3.05, 3.63) is 21.0 Å². The molecule has 0 radical (unpaired) electrons. The Morgan fingerprint density at radius 2 is 2.36 bits per heavy atom. The number of nitriles is 1. The van der Waals surface area contributed by atoms with E-state index in [-0.39, 0.29) is 5.41 Å². The molecule has 0 saturated heterocycles. The molecule has 0 spiro atoms. The predicted molar refractivity (Wildman–Crippen MR) is 60.6 cm³/mol. The highest BCUT2D eigenvalue weighted by molar-refractivity contribution is 14.1. The van der Waals surface area contributed by atoms with Crippen LogP contribution in [0.5, 0.6) is 0 Å². The van der Waals surface area contributed by atoms with Crippen molar-refractivity contribution in [2.24, 2.45) is 5.41 Å². The molecule has 1 aromatic heterocycles. The third-order valence-electron chi connectivity index (χ3n) is 2.77. The van der Waals surface area contributed by atoms with Gasteiger partial charge >= 0.3 is 0 Å². The lowest BCUT2D eigenvalue weighted by Crippen LogP contribution is -2.18.